The van der Waals surface area contributed by atoms with Gasteiger partial charge in [0, 0.05) is 5.97 Å². The molecule has 0 aromatic heterocycles. The van der Waals surface area contributed by atoms with Crippen LogP contribution in [0.15, 0.2) is 60.8 Å². The molecule has 1 N–H and O–H groups in total. The Morgan fingerprint density at radius 1 is 0.800 bits per heavy atom. The van der Waals surface area contributed by atoms with Gasteiger partial charge in [0.15, 0.2) is 0 Å². The topological polar surface area (TPSA) is 60.4 Å². The van der Waals surface area contributed by atoms with Crippen molar-refractivity contribution < 1.29 is 15.0 Å². The molecule has 0 aromatic carbocycles. The molecule has 0 saturated carbocycles. The minimum absolute atomic E-state index is 0.0915. The van der Waals surface area contributed by atoms with Crippen LogP contribution < -0.4 is 5.11 Å². The third kappa shape index (κ3) is 20.1. The van der Waals surface area contributed by atoms with Crippen LogP contribution in [-0.2, 0) is 4.79 Å². The number of carboxylic acids is 1. The van der Waals surface area contributed by atoms with E-state index >= 15 is 0 Å². The number of rotatable bonds is 15. The molecule has 0 fully saturated rings. The van der Waals surface area contributed by atoms with Gasteiger partial charge in [0.2, 0.25) is 0 Å². The van der Waals surface area contributed by atoms with Crippen LogP contribution in [-0.4, -0.2) is 17.2 Å². The fourth-order valence-corrected chi connectivity index (χ4v) is 2.01. The minimum Gasteiger partial charge on any atom is -0.550 e. The molecule has 0 saturated heterocycles. The Morgan fingerprint density at radius 3 is 1.60 bits per heavy atom. The number of carbonyl (C=O) groups excluding carboxylic acids is 1. The second kappa shape index (κ2) is 18.5. The van der Waals surface area contributed by atoms with Gasteiger partial charge in [0.1, 0.15) is 0 Å². The molecule has 0 aliphatic heterocycles. The maximum absolute atomic E-state index is 10.2. The molecule has 1 unspecified atom stereocenters. The van der Waals surface area contributed by atoms with Gasteiger partial charge in [0.25, 0.3) is 0 Å². The first-order valence-corrected chi connectivity index (χ1v) is 9.29. The summed E-state index contributed by atoms with van der Waals surface area (Å²) in [5.74, 6) is -0.998. The summed E-state index contributed by atoms with van der Waals surface area (Å²) in [4.78, 5) is 10.2. The second-order valence-corrected chi connectivity index (χ2v) is 5.85. The van der Waals surface area contributed by atoms with Crippen LogP contribution in [0.4, 0.5) is 0 Å². The molecule has 0 aromatic rings. The third-order valence-electron chi connectivity index (χ3n) is 3.57. The largest absolute Gasteiger partial charge is 0.550 e. The van der Waals surface area contributed by atoms with E-state index in [2.05, 4.69) is 48.6 Å². The molecular formula is C22H33O3-. The van der Waals surface area contributed by atoms with Crippen LogP contribution >= 0.6 is 0 Å². The van der Waals surface area contributed by atoms with Crippen LogP contribution in [0.2, 0.25) is 0 Å². The summed E-state index contributed by atoms with van der Waals surface area (Å²) in [6, 6.07) is 0. The predicted octanol–water partition coefficient (Wildman–Crippen LogP) is 4.41. The predicted molar refractivity (Wildman–Crippen MR) is 104 cm³/mol. The smallest absolute Gasteiger partial charge is 0.0540 e. The lowest BCUT2D eigenvalue weighted by molar-refractivity contribution is -0.305. The zero-order chi connectivity index (χ0) is 18.6. The van der Waals surface area contributed by atoms with Gasteiger partial charge in [-0.15, -0.1) is 0 Å². The summed E-state index contributed by atoms with van der Waals surface area (Å²) in [7, 11) is 0. The lowest BCUT2D eigenvalue weighted by atomic mass is 10.1. The summed E-state index contributed by atoms with van der Waals surface area (Å²) in [5.41, 5.74) is 0. The van der Waals surface area contributed by atoms with Gasteiger partial charge in [-0.05, 0) is 57.8 Å². The van der Waals surface area contributed by atoms with Crippen molar-refractivity contribution in [1.29, 1.82) is 0 Å². The number of aliphatic hydroxyl groups excluding tert-OH is 1. The van der Waals surface area contributed by atoms with Gasteiger partial charge >= 0.3 is 0 Å². The highest BCUT2D eigenvalue weighted by Gasteiger charge is 1.96. The van der Waals surface area contributed by atoms with Crippen molar-refractivity contribution in [3.05, 3.63) is 60.8 Å². The van der Waals surface area contributed by atoms with Crippen LogP contribution in [0.25, 0.3) is 0 Å². The molecule has 25 heavy (non-hydrogen) atoms. The fourth-order valence-electron chi connectivity index (χ4n) is 2.01. The third-order valence-corrected chi connectivity index (χ3v) is 3.57. The molecule has 0 aliphatic carbocycles. The molecule has 0 bridgehead atoms. The van der Waals surface area contributed by atoms with Crippen molar-refractivity contribution in [2.45, 2.75) is 70.8 Å². The molecule has 0 amide bonds. The molecule has 0 radical (unpaired) electrons. The van der Waals surface area contributed by atoms with E-state index in [-0.39, 0.29) is 12.5 Å². The SMILES string of the molecule is CCC(O)CC/C=C\C/C=C\C/C=C\C/C=C\C/C=C\CCC(=O)[O-]. The summed E-state index contributed by atoms with van der Waals surface area (Å²) in [5, 5.41) is 19.6. The fraction of sp³-hybridized carbons (Fsp3) is 0.500. The van der Waals surface area contributed by atoms with Gasteiger partial charge in [0.05, 0.1) is 6.10 Å². The number of aliphatic hydroxyl groups is 1. The zero-order valence-electron chi connectivity index (χ0n) is 15.5. The molecule has 1 atom stereocenters. The normalized spacial score (nSPS) is 14.0. The van der Waals surface area contributed by atoms with E-state index in [1.165, 1.54) is 0 Å². The molecule has 0 spiro atoms. The minimum atomic E-state index is -0.998. The van der Waals surface area contributed by atoms with E-state index in [9.17, 15) is 15.0 Å². The Balaban J connectivity index is 3.51. The summed E-state index contributed by atoms with van der Waals surface area (Å²) in [6.07, 6.45) is 27.7. The Labute approximate surface area is 153 Å². The number of hydrogen-bond acceptors (Lipinski definition) is 3. The molecule has 0 aliphatic rings. The van der Waals surface area contributed by atoms with E-state index in [0.29, 0.717) is 6.42 Å². The van der Waals surface area contributed by atoms with Crippen LogP contribution in [0.5, 0.6) is 0 Å². The van der Waals surface area contributed by atoms with Gasteiger partial charge < -0.3 is 15.0 Å². The Kier molecular flexibility index (Phi) is 17.1. The van der Waals surface area contributed by atoms with E-state index in [1.54, 1.807) is 0 Å². The van der Waals surface area contributed by atoms with Crippen LogP contribution in [0.3, 0.4) is 0 Å². The molecule has 0 rings (SSSR count). The number of hydrogen-bond donors (Lipinski definition) is 1. The van der Waals surface area contributed by atoms with E-state index in [0.717, 1.165) is 44.9 Å². The monoisotopic (exact) mass is 345 g/mol. The standard InChI is InChI=1S/C22H34O3/c1-2-21(23)19-17-15-13-11-9-7-5-3-4-6-8-10-12-14-16-18-20-22(24)25/h3-4,7-10,13-16,21,23H,2,5-6,11-12,17-20H2,1H3,(H,24,25)/p-1/b4-3-,9-7-,10-8-,15-13-,16-14-. The summed E-state index contributed by atoms with van der Waals surface area (Å²) in [6.45, 7) is 2.00. The average Bonchev–Trinajstić information content (AvgIpc) is 2.60. The van der Waals surface area contributed by atoms with E-state index in [4.69, 9.17) is 0 Å². The number of allylic oxidation sites excluding steroid dienone is 10. The summed E-state index contributed by atoms with van der Waals surface area (Å²) < 4.78 is 0. The molecule has 3 heteroatoms. The molecule has 0 heterocycles. The van der Waals surface area contributed by atoms with Crippen molar-refractivity contribution in [2.24, 2.45) is 0 Å². The van der Waals surface area contributed by atoms with Crippen molar-refractivity contribution >= 4 is 5.97 Å². The number of aliphatic carboxylic acids is 1. The molecule has 3 nitrogen and oxygen atoms in total. The summed E-state index contributed by atoms with van der Waals surface area (Å²) >= 11 is 0. The maximum atomic E-state index is 10.2. The Morgan fingerprint density at radius 2 is 1.20 bits per heavy atom. The molecule has 140 valence electrons. The number of carbonyl (C=O) groups is 1. The van der Waals surface area contributed by atoms with Gasteiger partial charge in [-0.1, -0.05) is 67.7 Å². The highest BCUT2D eigenvalue weighted by molar-refractivity contribution is 5.64. The molecular weight excluding hydrogens is 312 g/mol. The highest BCUT2D eigenvalue weighted by atomic mass is 16.4. The Hall–Kier alpha value is -1.87. The van der Waals surface area contributed by atoms with Crippen molar-refractivity contribution in [2.75, 3.05) is 0 Å². The first kappa shape index (κ1) is 23.1. The Bertz CT molecular complexity index is 456. The van der Waals surface area contributed by atoms with Crippen molar-refractivity contribution in [3.63, 3.8) is 0 Å². The van der Waals surface area contributed by atoms with E-state index < -0.39 is 5.97 Å². The van der Waals surface area contributed by atoms with Gasteiger partial charge in [-0.3, -0.25) is 0 Å². The van der Waals surface area contributed by atoms with Gasteiger partial charge in [-0.2, -0.15) is 0 Å². The van der Waals surface area contributed by atoms with Crippen molar-refractivity contribution in [1.82, 2.24) is 0 Å². The lowest BCUT2D eigenvalue weighted by Gasteiger charge is -2.03. The first-order valence-electron chi connectivity index (χ1n) is 9.29. The maximum Gasteiger partial charge on any atom is 0.0540 e. The van der Waals surface area contributed by atoms with E-state index in [1.807, 2.05) is 19.1 Å². The van der Waals surface area contributed by atoms with Crippen LogP contribution in [0, 0.1) is 0 Å². The number of carboxylic acid groups (broad SMARTS) is 1. The van der Waals surface area contributed by atoms with Gasteiger partial charge in [-0.25, -0.2) is 0 Å². The first-order chi connectivity index (χ1) is 12.2. The highest BCUT2D eigenvalue weighted by Crippen LogP contribution is 2.02. The zero-order valence-corrected chi connectivity index (χ0v) is 15.5. The van der Waals surface area contributed by atoms with Crippen LogP contribution in [0.1, 0.15) is 64.7 Å². The van der Waals surface area contributed by atoms with Crippen molar-refractivity contribution in [3.8, 4) is 0 Å². The lowest BCUT2D eigenvalue weighted by Crippen LogP contribution is -2.21. The second-order valence-electron chi connectivity index (χ2n) is 5.85. The average molecular weight is 346 g/mol. The quantitative estimate of drug-likeness (QED) is 0.447.